The minimum absolute atomic E-state index is 0.0386. The topological polar surface area (TPSA) is 254 Å². The number of nitrogens with one attached hydrogen (secondary N) is 1. The molecule has 2 aromatic carbocycles. The third kappa shape index (κ3) is 8.88. The second-order valence-corrected chi connectivity index (χ2v) is 13.2. The zero-order chi connectivity index (χ0) is 30.5. The van der Waals surface area contributed by atoms with Crippen LogP contribution in [0.4, 0.5) is 5.69 Å². The number of aliphatic hydroxyl groups excluding tert-OH is 2. The molecule has 1 saturated heterocycles. The van der Waals surface area contributed by atoms with Gasteiger partial charge in [0.2, 0.25) is 13.6 Å². The van der Waals surface area contributed by atoms with Crippen molar-refractivity contribution in [3.05, 3.63) is 89.0 Å². The molecule has 228 valence electrons. The SMILES string of the molecule is O=c1nc(OCc2ccccc2)ccn1[C@@H]1O[C@H](COP(=O)([O-])OP(=O)([O-])OP(=O)([O-])Nc2ccccc2)[C@H](O)C1O. The molecule has 7 atom stereocenters. The van der Waals surface area contributed by atoms with Crippen LogP contribution >= 0.6 is 23.4 Å². The van der Waals surface area contributed by atoms with Crippen LogP contribution in [0.25, 0.3) is 0 Å². The lowest BCUT2D eigenvalue weighted by Gasteiger charge is -2.35. The van der Waals surface area contributed by atoms with Crippen LogP contribution in [0, 0.1) is 0 Å². The Hall–Kier alpha value is -2.75. The molecule has 3 aromatic rings. The molecule has 0 aliphatic carbocycles. The van der Waals surface area contributed by atoms with E-state index in [-0.39, 0.29) is 18.2 Å². The average molecular weight is 646 g/mol. The number of aliphatic hydroxyl groups is 2. The van der Waals surface area contributed by atoms with Gasteiger partial charge in [0.1, 0.15) is 24.9 Å². The molecule has 1 fully saturated rings. The Morgan fingerprint density at radius 2 is 1.55 bits per heavy atom. The molecular formula is C22H23N3O14P3-3. The fraction of sp³-hybridized carbons (Fsp3) is 0.273. The zero-order valence-electron chi connectivity index (χ0n) is 21.2. The van der Waals surface area contributed by atoms with Gasteiger partial charge in [-0.2, -0.15) is 4.98 Å². The molecule has 17 nitrogen and oxygen atoms in total. The first kappa shape index (κ1) is 32.2. The van der Waals surface area contributed by atoms with Gasteiger partial charge in [-0.3, -0.25) is 22.6 Å². The molecular weight excluding hydrogens is 623 g/mol. The van der Waals surface area contributed by atoms with E-state index in [1.165, 1.54) is 30.3 Å². The van der Waals surface area contributed by atoms with Crippen LogP contribution < -0.4 is 30.2 Å². The summed E-state index contributed by atoms with van der Waals surface area (Å²) < 4.78 is 59.6. The van der Waals surface area contributed by atoms with Crippen LogP contribution in [0.15, 0.2) is 77.7 Å². The predicted octanol–water partition coefficient (Wildman–Crippen LogP) is 0.00860. The number of ether oxygens (including phenoxy) is 2. The van der Waals surface area contributed by atoms with Crippen LogP contribution in [-0.4, -0.2) is 44.7 Å². The van der Waals surface area contributed by atoms with Crippen molar-refractivity contribution in [3.63, 3.8) is 0 Å². The number of nitrogens with zero attached hydrogens (tertiary/aromatic N) is 2. The fourth-order valence-corrected chi connectivity index (χ4v) is 7.22. The maximum atomic E-state index is 12.5. The van der Waals surface area contributed by atoms with E-state index in [2.05, 4.69) is 18.1 Å². The van der Waals surface area contributed by atoms with Gasteiger partial charge in [-0.15, -0.1) is 0 Å². The first-order valence-electron chi connectivity index (χ1n) is 11.8. The Bertz CT molecular complexity index is 1560. The molecule has 0 spiro atoms. The summed E-state index contributed by atoms with van der Waals surface area (Å²) >= 11 is 0. The summed E-state index contributed by atoms with van der Waals surface area (Å²) in [6.07, 6.45) is -5.59. The van der Waals surface area contributed by atoms with E-state index in [9.17, 15) is 43.4 Å². The van der Waals surface area contributed by atoms with Gasteiger partial charge in [0.25, 0.3) is 15.6 Å². The van der Waals surface area contributed by atoms with Crippen molar-refractivity contribution in [1.29, 1.82) is 0 Å². The van der Waals surface area contributed by atoms with E-state index < -0.39 is 60.2 Å². The van der Waals surface area contributed by atoms with Gasteiger partial charge in [0.05, 0.1) is 6.61 Å². The quantitative estimate of drug-likeness (QED) is 0.207. The van der Waals surface area contributed by atoms with Gasteiger partial charge in [-0.05, 0) is 17.7 Å². The molecule has 0 amide bonds. The van der Waals surface area contributed by atoms with Crippen molar-refractivity contribution in [2.45, 2.75) is 31.1 Å². The van der Waals surface area contributed by atoms with E-state index in [4.69, 9.17) is 9.47 Å². The maximum Gasteiger partial charge on any atom is 0.353 e. The smallest absolute Gasteiger partial charge is 0.353 e. The number of anilines is 1. The molecule has 42 heavy (non-hydrogen) atoms. The molecule has 4 rings (SSSR count). The lowest BCUT2D eigenvalue weighted by atomic mass is 10.1. The predicted molar refractivity (Wildman–Crippen MR) is 136 cm³/mol. The highest BCUT2D eigenvalue weighted by atomic mass is 31.3. The second-order valence-electron chi connectivity index (χ2n) is 8.60. The van der Waals surface area contributed by atoms with Gasteiger partial charge in [0, 0.05) is 18.0 Å². The van der Waals surface area contributed by atoms with Gasteiger partial charge in [-0.1, -0.05) is 48.5 Å². The summed E-state index contributed by atoms with van der Waals surface area (Å²) in [6.45, 7) is -0.986. The number of benzene rings is 2. The van der Waals surface area contributed by atoms with Crippen molar-refractivity contribution in [2.24, 2.45) is 0 Å². The average Bonchev–Trinajstić information content (AvgIpc) is 3.19. The molecule has 3 N–H and O–H groups in total. The van der Waals surface area contributed by atoms with Gasteiger partial charge >= 0.3 is 5.69 Å². The highest BCUT2D eigenvalue weighted by Gasteiger charge is 2.45. The summed E-state index contributed by atoms with van der Waals surface area (Å²) in [5, 5.41) is 22.4. The highest BCUT2D eigenvalue weighted by Crippen LogP contribution is 2.62. The van der Waals surface area contributed by atoms with Crippen LogP contribution in [-0.2, 0) is 38.2 Å². The highest BCUT2D eigenvalue weighted by molar-refractivity contribution is 7.67. The summed E-state index contributed by atoms with van der Waals surface area (Å²) in [6, 6.07) is 17.3. The molecule has 4 unspecified atom stereocenters. The Balaban J connectivity index is 1.33. The summed E-state index contributed by atoms with van der Waals surface area (Å²) in [4.78, 5) is 52.2. The minimum Gasteiger partial charge on any atom is -0.761 e. The van der Waals surface area contributed by atoms with Crippen LogP contribution in [0.1, 0.15) is 11.8 Å². The van der Waals surface area contributed by atoms with E-state index in [0.29, 0.717) is 0 Å². The first-order valence-corrected chi connectivity index (χ1v) is 16.3. The van der Waals surface area contributed by atoms with E-state index in [0.717, 1.165) is 16.3 Å². The van der Waals surface area contributed by atoms with Crippen molar-refractivity contribution in [2.75, 3.05) is 11.7 Å². The number of phosphoric acid groups is 2. The van der Waals surface area contributed by atoms with Gasteiger partial charge in [-0.25, -0.2) is 9.11 Å². The standard InChI is InChI=1S/C22H26N3O14P3/c26-19-17(14-36-41(31,32)39-42(33,34)38-40(29,30)24-16-9-5-2-6-10-16)37-21(20(19)27)25-12-11-18(23-22(25)28)35-13-15-7-3-1-4-8-15/h1-12,17,19-21,26-27H,13-14H2,(H,31,32)(H,33,34)(H2,24,29,30)/p-3/t17-,19+,20?,21-/m1/s1. The lowest BCUT2D eigenvalue weighted by Crippen LogP contribution is -2.36. The van der Waals surface area contributed by atoms with Crippen LogP contribution in [0.2, 0.25) is 0 Å². The monoisotopic (exact) mass is 646 g/mol. The van der Waals surface area contributed by atoms with Crippen molar-refractivity contribution >= 4 is 29.1 Å². The zero-order valence-corrected chi connectivity index (χ0v) is 23.9. The number of rotatable bonds is 13. The molecule has 1 aromatic heterocycles. The third-order valence-electron chi connectivity index (χ3n) is 5.49. The van der Waals surface area contributed by atoms with E-state index >= 15 is 0 Å². The largest absolute Gasteiger partial charge is 0.761 e. The number of hydrogen-bond donors (Lipinski definition) is 3. The lowest BCUT2D eigenvalue weighted by molar-refractivity contribution is -0.245. The molecule has 2 heterocycles. The number of phosphoric ester groups is 1. The minimum atomic E-state index is -6.07. The Kier molecular flexibility index (Phi) is 10.2. The number of aromatic nitrogens is 2. The fourth-order valence-electron chi connectivity index (χ4n) is 3.65. The summed E-state index contributed by atoms with van der Waals surface area (Å²) in [5.41, 5.74) is -0.206. The van der Waals surface area contributed by atoms with Crippen molar-refractivity contribution in [3.8, 4) is 5.88 Å². The normalized spacial score (nSPS) is 24.7. The Morgan fingerprint density at radius 3 is 2.19 bits per heavy atom. The first-order chi connectivity index (χ1) is 19.7. The van der Waals surface area contributed by atoms with Crippen molar-refractivity contribution in [1.82, 2.24) is 9.55 Å². The van der Waals surface area contributed by atoms with E-state index in [1.807, 2.05) is 6.07 Å². The molecule has 1 aliphatic heterocycles. The van der Waals surface area contributed by atoms with Crippen LogP contribution in [0.5, 0.6) is 5.88 Å². The van der Waals surface area contributed by atoms with E-state index in [1.54, 1.807) is 35.4 Å². The maximum absolute atomic E-state index is 12.5. The van der Waals surface area contributed by atoms with Crippen LogP contribution in [0.3, 0.4) is 0 Å². The molecule has 1 aliphatic rings. The summed E-state index contributed by atoms with van der Waals surface area (Å²) in [5.74, 6) is -0.0386. The molecule has 0 radical (unpaired) electrons. The Labute approximate surface area is 237 Å². The van der Waals surface area contributed by atoms with Crippen molar-refractivity contribution < 1.29 is 61.2 Å². The Morgan fingerprint density at radius 1 is 0.905 bits per heavy atom. The molecule has 0 saturated carbocycles. The second kappa shape index (κ2) is 13.3. The molecule has 20 heteroatoms. The van der Waals surface area contributed by atoms with Gasteiger partial charge in [0.15, 0.2) is 6.23 Å². The third-order valence-corrected chi connectivity index (χ3v) is 9.75. The molecule has 0 bridgehead atoms. The number of hydrogen-bond acceptors (Lipinski definition) is 15. The van der Waals surface area contributed by atoms with Gasteiger partial charge < -0.3 is 44.0 Å². The number of para-hydroxylation sites is 1. The summed E-state index contributed by atoms with van der Waals surface area (Å²) in [7, 11) is -17.3.